The molecule has 1 heterocycles. The molecule has 0 aliphatic carbocycles. The molecule has 3 rings (SSSR count). The molecule has 1 amide bonds. The highest BCUT2D eigenvalue weighted by Gasteiger charge is 2.27. The van der Waals surface area contributed by atoms with Gasteiger partial charge in [0.1, 0.15) is 17.3 Å². The number of halogens is 3. The lowest BCUT2D eigenvalue weighted by molar-refractivity contribution is 0.0827. The van der Waals surface area contributed by atoms with Gasteiger partial charge in [0.15, 0.2) is 5.96 Å². The predicted octanol–water partition coefficient (Wildman–Crippen LogP) is 3.27. The van der Waals surface area contributed by atoms with Gasteiger partial charge in [-0.3, -0.25) is 9.79 Å². The molecule has 1 aliphatic heterocycles. The van der Waals surface area contributed by atoms with Crippen LogP contribution in [0.2, 0.25) is 0 Å². The molecule has 1 fully saturated rings. The molecule has 0 bridgehead atoms. The Hall–Kier alpha value is -2.43. The Morgan fingerprint density at radius 1 is 1.19 bits per heavy atom. The molecule has 1 aliphatic rings. The van der Waals surface area contributed by atoms with Crippen LogP contribution >= 0.6 is 24.0 Å². The van der Waals surface area contributed by atoms with Crippen molar-refractivity contribution in [3.05, 3.63) is 65.2 Å². The number of para-hydroxylation sites is 1. The average Bonchev–Trinajstić information content (AvgIpc) is 3.20. The lowest BCUT2D eigenvalue weighted by atomic mass is 10.1. The van der Waals surface area contributed by atoms with Crippen LogP contribution in [0, 0.1) is 11.6 Å². The standard InChI is InChI=1S/C23H29F2N5O.HI/c1-26-23(27-12-10-16-6-4-7-17(14-16)22(31)29(2)3)28-18-11-13-30(15-18)21-19(24)8-5-9-20(21)25;/h4-9,14,18H,10-13,15H2,1-3H3,(H2,26,27,28);1H. The van der Waals surface area contributed by atoms with E-state index in [0.717, 1.165) is 18.4 Å². The summed E-state index contributed by atoms with van der Waals surface area (Å²) in [4.78, 5) is 19.7. The van der Waals surface area contributed by atoms with Gasteiger partial charge in [-0.25, -0.2) is 8.78 Å². The van der Waals surface area contributed by atoms with Crippen molar-refractivity contribution in [1.29, 1.82) is 0 Å². The minimum atomic E-state index is -0.543. The topological polar surface area (TPSA) is 60.0 Å². The third-order valence-electron chi connectivity index (χ3n) is 5.29. The molecule has 1 atom stereocenters. The first-order valence-electron chi connectivity index (χ1n) is 10.4. The summed E-state index contributed by atoms with van der Waals surface area (Å²) in [7, 11) is 5.16. The Morgan fingerprint density at radius 2 is 1.88 bits per heavy atom. The van der Waals surface area contributed by atoms with Crippen molar-refractivity contribution in [2.45, 2.75) is 18.9 Å². The first-order chi connectivity index (χ1) is 14.9. The number of benzene rings is 2. The summed E-state index contributed by atoms with van der Waals surface area (Å²) in [5.74, 6) is -0.470. The normalized spacial score (nSPS) is 15.8. The number of nitrogens with one attached hydrogen (secondary N) is 2. The monoisotopic (exact) mass is 557 g/mol. The zero-order valence-corrected chi connectivity index (χ0v) is 20.9. The van der Waals surface area contributed by atoms with E-state index in [2.05, 4.69) is 15.6 Å². The molecule has 0 aromatic heterocycles. The summed E-state index contributed by atoms with van der Waals surface area (Å²) >= 11 is 0. The quantitative estimate of drug-likeness (QED) is 0.326. The molecule has 0 radical (unpaired) electrons. The van der Waals surface area contributed by atoms with Crippen LogP contribution in [0.4, 0.5) is 14.5 Å². The van der Waals surface area contributed by atoms with Crippen LogP contribution in [0.3, 0.4) is 0 Å². The van der Waals surface area contributed by atoms with E-state index < -0.39 is 11.6 Å². The van der Waals surface area contributed by atoms with Gasteiger partial charge in [0.25, 0.3) is 5.91 Å². The van der Waals surface area contributed by atoms with Crippen molar-refractivity contribution >= 4 is 41.5 Å². The molecule has 2 N–H and O–H groups in total. The fraction of sp³-hybridized carbons (Fsp3) is 0.391. The van der Waals surface area contributed by atoms with E-state index in [1.807, 2.05) is 24.3 Å². The second-order valence-electron chi connectivity index (χ2n) is 7.80. The Labute approximate surface area is 205 Å². The maximum Gasteiger partial charge on any atom is 0.253 e. The molecule has 2 aromatic rings. The van der Waals surface area contributed by atoms with E-state index in [1.165, 1.54) is 18.2 Å². The number of hydrogen-bond donors (Lipinski definition) is 2. The van der Waals surface area contributed by atoms with Gasteiger partial charge >= 0.3 is 0 Å². The SMILES string of the molecule is CN=C(NCCc1cccc(C(=O)N(C)C)c1)NC1CCN(c2c(F)cccc2F)C1.I. The van der Waals surface area contributed by atoms with Crippen molar-refractivity contribution in [1.82, 2.24) is 15.5 Å². The number of carbonyl (C=O) groups is 1. The predicted molar refractivity (Wildman–Crippen MR) is 135 cm³/mol. The summed E-state index contributed by atoms with van der Waals surface area (Å²) in [6.45, 7) is 1.70. The van der Waals surface area contributed by atoms with Crippen molar-refractivity contribution in [3.63, 3.8) is 0 Å². The Kier molecular flexibility index (Phi) is 9.67. The molecule has 6 nitrogen and oxygen atoms in total. The van der Waals surface area contributed by atoms with Gasteiger partial charge in [-0.1, -0.05) is 18.2 Å². The third-order valence-corrected chi connectivity index (χ3v) is 5.29. The molecule has 0 spiro atoms. The van der Waals surface area contributed by atoms with Crippen molar-refractivity contribution in [2.24, 2.45) is 4.99 Å². The van der Waals surface area contributed by atoms with Crippen LogP contribution in [0.1, 0.15) is 22.3 Å². The van der Waals surface area contributed by atoms with Gasteiger partial charge in [0.05, 0.1) is 0 Å². The maximum absolute atomic E-state index is 14.0. The molecule has 174 valence electrons. The summed E-state index contributed by atoms with van der Waals surface area (Å²) in [6.07, 6.45) is 1.48. The summed E-state index contributed by atoms with van der Waals surface area (Å²) in [6, 6.07) is 11.5. The smallest absolute Gasteiger partial charge is 0.253 e. The van der Waals surface area contributed by atoms with Crippen LogP contribution in [-0.4, -0.2) is 63.6 Å². The number of nitrogens with zero attached hydrogens (tertiary/aromatic N) is 3. The molecular formula is C23H30F2IN5O. The Balaban J connectivity index is 0.00000363. The lowest BCUT2D eigenvalue weighted by Gasteiger charge is -2.21. The second-order valence-corrected chi connectivity index (χ2v) is 7.80. The molecule has 0 saturated carbocycles. The number of anilines is 1. The molecule has 9 heteroatoms. The number of rotatable bonds is 6. The Morgan fingerprint density at radius 3 is 2.53 bits per heavy atom. The van der Waals surface area contributed by atoms with Crippen LogP contribution in [0.25, 0.3) is 0 Å². The van der Waals surface area contributed by atoms with Gasteiger partial charge < -0.3 is 20.4 Å². The summed E-state index contributed by atoms with van der Waals surface area (Å²) in [5.41, 5.74) is 1.75. The molecule has 1 saturated heterocycles. The fourth-order valence-corrected chi connectivity index (χ4v) is 3.70. The summed E-state index contributed by atoms with van der Waals surface area (Å²) in [5, 5.41) is 6.60. The van der Waals surface area contributed by atoms with Gasteiger partial charge in [-0.05, 0) is 42.7 Å². The zero-order valence-electron chi connectivity index (χ0n) is 18.6. The fourth-order valence-electron chi connectivity index (χ4n) is 3.70. The largest absolute Gasteiger partial charge is 0.365 e. The van der Waals surface area contributed by atoms with E-state index >= 15 is 0 Å². The zero-order chi connectivity index (χ0) is 22.4. The number of amides is 1. The van der Waals surface area contributed by atoms with Gasteiger partial charge in [-0.15, -0.1) is 24.0 Å². The van der Waals surface area contributed by atoms with Crippen molar-refractivity contribution < 1.29 is 13.6 Å². The minimum Gasteiger partial charge on any atom is -0.365 e. The second kappa shape index (κ2) is 12.0. The number of carbonyl (C=O) groups excluding carboxylic acids is 1. The van der Waals surface area contributed by atoms with E-state index in [0.29, 0.717) is 31.2 Å². The van der Waals surface area contributed by atoms with Gasteiger partial charge in [-0.2, -0.15) is 0 Å². The van der Waals surface area contributed by atoms with Gasteiger partial charge in [0, 0.05) is 52.4 Å². The van der Waals surface area contributed by atoms with E-state index in [-0.39, 0.29) is 41.6 Å². The van der Waals surface area contributed by atoms with Gasteiger partial charge in [0.2, 0.25) is 0 Å². The van der Waals surface area contributed by atoms with Crippen LogP contribution in [-0.2, 0) is 6.42 Å². The van der Waals surface area contributed by atoms with E-state index in [9.17, 15) is 13.6 Å². The minimum absolute atomic E-state index is 0. The van der Waals surface area contributed by atoms with Crippen molar-refractivity contribution in [2.75, 3.05) is 45.7 Å². The molecule has 2 aromatic carbocycles. The first-order valence-corrected chi connectivity index (χ1v) is 10.4. The van der Waals surface area contributed by atoms with Crippen LogP contribution in [0.5, 0.6) is 0 Å². The number of hydrogen-bond acceptors (Lipinski definition) is 3. The highest BCUT2D eigenvalue weighted by atomic mass is 127. The third kappa shape index (κ3) is 6.54. The van der Waals surface area contributed by atoms with Crippen LogP contribution in [0.15, 0.2) is 47.5 Å². The Bertz CT molecular complexity index is 933. The highest BCUT2D eigenvalue weighted by Crippen LogP contribution is 2.26. The summed E-state index contributed by atoms with van der Waals surface area (Å²) < 4.78 is 28.1. The van der Waals surface area contributed by atoms with Crippen LogP contribution < -0.4 is 15.5 Å². The lowest BCUT2D eigenvalue weighted by Crippen LogP contribution is -2.45. The molecule has 1 unspecified atom stereocenters. The highest BCUT2D eigenvalue weighted by molar-refractivity contribution is 14.0. The van der Waals surface area contributed by atoms with E-state index in [1.54, 1.807) is 30.9 Å². The number of guanidine groups is 1. The maximum atomic E-state index is 14.0. The first kappa shape index (κ1) is 25.8. The van der Waals surface area contributed by atoms with Crippen molar-refractivity contribution in [3.8, 4) is 0 Å². The average molecular weight is 557 g/mol. The number of aliphatic imine (C=N–C) groups is 1. The molecule has 32 heavy (non-hydrogen) atoms. The molecular weight excluding hydrogens is 527 g/mol. The van der Waals surface area contributed by atoms with E-state index in [4.69, 9.17) is 0 Å².